The topological polar surface area (TPSA) is 93.9 Å². The number of nitrogens with one attached hydrogen (secondary N) is 1. The second kappa shape index (κ2) is 7.55. The zero-order chi connectivity index (χ0) is 21.3. The van der Waals surface area contributed by atoms with Crippen LogP contribution in [0.25, 0.3) is 11.3 Å². The van der Waals surface area contributed by atoms with Crippen LogP contribution in [-0.4, -0.2) is 36.2 Å². The quantitative estimate of drug-likeness (QED) is 0.630. The molecule has 2 heterocycles. The van der Waals surface area contributed by atoms with E-state index in [9.17, 15) is 9.59 Å². The summed E-state index contributed by atoms with van der Waals surface area (Å²) < 4.78 is 15.9. The molecule has 1 saturated heterocycles. The van der Waals surface area contributed by atoms with Crippen molar-refractivity contribution in [2.75, 3.05) is 14.2 Å². The third-order valence-corrected chi connectivity index (χ3v) is 5.17. The molecule has 0 radical (unpaired) electrons. The highest BCUT2D eigenvalue weighted by molar-refractivity contribution is 6.07. The van der Waals surface area contributed by atoms with Gasteiger partial charge in [-0.2, -0.15) is 0 Å². The van der Waals surface area contributed by atoms with Crippen molar-refractivity contribution in [2.45, 2.75) is 19.0 Å². The maximum absolute atomic E-state index is 13.2. The number of rotatable bonds is 6. The summed E-state index contributed by atoms with van der Waals surface area (Å²) in [6.07, 6.45) is 0. The average molecular weight is 407 g/mol. The van der Waals surface area contributed by atoms with Crippen molar-refractivity contribution in [3.05, 3.63) is 65.9 Å². The summed E-state index contributed by atoms with van der Waals surface area (Å²) in [6, 6.07) is 15.8. The molecule has 154 valence electrons. The first-order valence-corrected chi connectivity index (χ1v) is 9.34. The van der Waals surface area contributed by atoms with Crippen LogP contribution < -0.4 is 14.8 Å². The normalized spacial score (nSPS) is 18.4. The Morgan fingerprint density at radius 2 is 1.77 bits per heavy atom. The molecule has 4 rings (SSSR count). The molecule has 1 unspecified atom stereocenters. The molecule has 2 aromatic carbocycles. The van der Waals surface area contributed by atoms with Crippen molar-refractivity contribution >= 4 is 11.9 Å². The molecule has 3 aromatic rings. The second-order valence-corrected chi connectivity index (χ2v) is 7.06. The Labute approximate surface area is 173 Å². The Morgan fingerprint density at radius 1 is 1.03 bits per heavy atom. The van der Waals surface area contributed by atoms with Crippen LogP contribution in [0.3, 0.4) is 0 Å². The lowest BCUT2D eigenvalue weighted by atomic mass is 9.91. The van der Waals surface area contributed by atoms with E-state index in [1.54, 1.807) is 31.2 Å². The third-order valence-electron chi connectivity index (χ3n) is 5.17. The molecule has 30 heavy (non-hydrogen) atoms. The molecular weight excluding hydrogens is 386 g/mol. The molecule has 1 aliphatic rings. The summed E-state index contributed by atoms with van der Waals surface area (Å²) in [5, 5.41) is 6.79. The van der Waals surface area contributed by atoms with E-state index in [0.29, 0.717) is 28.5 Å². The van der Waals surface area contributed by atoms with Gasteiger partial charge in [-0.25, -0.2) is 4.79 Å². The van der Waals surface area contributed by atoms with Gasteiger partial charge in [0.1, 0.15) is 11.2 Å². The van der Waals surface area contributed by atoms with E-state index in [1.165, 1.54) is 14.2 Å². The zero-order valence-electron chi connectivity index (χ0n) is 16.8. The molecule has 3 amide bonds. The lowest BCUT2D eigenvalue weighted by Crippen LogP contribution is -2.40. The number of nitrogens with zero attached hydrogens (tertiary/aromatic N) is 2. The first-order valence-electron chi connectivity index (χ1n) is 9.34. The number of imide groups is 1. The van der Waals surface area contributed by atoms with Crippen LogP contribution in [0.15, 0.2) is 59.1 Å². The van der Waals surface area contributed by atoms with E-state index in [4.69, 9.17) is 14.0 Å². The van der Waals surface area contributed by atoms with Gasteiger partial charge in [0, 0.05) is 11.6 Å². The smallest absolute Gasteiger partial charge is 0.325 e. The first-order chi connectivity index (χ1) is 14.5. The number of benzene rings is 2. The van der Waals surface area contributed by atoms with Gasteiger partial charge in [0.15, 0.2) is 17.3 Å². The van der Waals surface area contributed by atoms with Crippen LogP contribution in [-0.2, 0) is 16.9 Å². The predicted octanol–water partition coefficient (Wildman–Crippen LogP) is 3.33. The Hall–Kier alpha value is -3.81. The largest absolute Gasteiger partial charge is 0.493 e. The second-order valence-electron chi connectivity index (χ2n) is 7.06. The number of amides is 3. The number of carbonyl (C=O) groups excluding carboxylic acids is 2. The number of ether oxygens (including phenoxy) is 2. The first kappa shape index (κ1) is 19.5. The minimum absolute atomic E-state index is 0.00385. The van der Waals surface area contributed by atoms with E-state index in [0.717, 1.165) is 10.5 Å². The fourth-order valence-electron chi connectivity index (χ4n) is 3.47. The number of carbonyl (C=O) groups is 2. The highest BCUT2D eigenvalue weighted by Gasteiger charge is 2.49. The van der Waals surface area contributed by atoms with Crippen LogP contribution in [0.2, 0.25) is 0 Å². The number of methoxy groups -OCH3 is 2. The highest BCUT2D eigenvalue weighted by atomic mass is 16.5. The van der Waals surface area contributed by atoms with E-state index >= 15 is 0 Å². The van der Waals surface area contributed by atoms with Crippen molar-refractivity contribution in [3.8, 4) is 22.8 Å². The van der Waals surface area contributed by atoms with E-state index in [2.05, 4.69) is 10.5 Å². The van der Waals surface area contributed by atoms with Gasteiger partial charge in [0.05, 0.1) is 20.8 Å². The zero-order valence-corrected chi connectivity index (χ0v) is 16.8. The molecule has 1 aromatic heterocycles. The molecule has 0 aliphatic carbocycles. The fourth-order valence-corrected chi connectivity index (χ4v) is 3.47. The van der Waals surface area contributed by atoms with Gasteiger partial charge in [-0.15, -0.1) is 0 Å². The fraction of sp³-hybridized carbons (Fsp3) is 0.227. The molecule has 0 bridgehead atoms. The third kappa shape index (κ3) is 3.26. The van der Waals surface area contributed by atoms with Crippen molar-refractivity contribution < 1.29 is 23.6 Å². The molecule has 1 fully saturated rings. The summed E-state index contributed by atoms with van der Waals surface area (Å²) in [5.41, 5.74) is 0.700. The van der Waals surface area contributed by atoms with Crippen LogP contribution in [0.1, 0.15) is 18.2 Å². The lowest BCUT2D eigenvalue weighted by molar-refractivity contribution is -0.131. The molecule has 0 spiro atoms. The monoisotopic (exact) mass is 407 g/mol. The number of urea groups is 1. The number of hydrogen-bond donors (Lipinski definition) is 1. The van der Waals surface area contributed by atoms with Gasteiger partial charge in [-0.1, -0.05) is 41.6 Å². The lowest BCUT2D eigenvalue weighted by Gasteiger charge is -2.23. The Balaban J connectivity index is 1.58. The average Bonchev–Trinajstić information content (AvgIpc) is 3.33. The molecule has 1 aliphatic heterocycles. The maximum Gasteiger partial charge on any atom is 0.325 e. The van der Waals surface area contributed by atoms with Crippen LogP contribution in [0.5, 0.6) is 11.5 Å². The van der Waals surface area contributed by atoms with E-state index in [1.807, 2.05) is 30.3 Å². The minimum Gasteiger partial charge on any atom is -0.493 e. The van der Waals surface area contributed by atoms with E-state index in [-0.39, 0.29) is 12.5 Å². The number of aromatic nitrogens is 1. The van der Waals surface area contributed by atoms with Gasteiger partial charge in [0.25, 0.3) is 5.91 Å². The van der Waals surface area contributed by atoms with Crippen molar-refractivity contribution in [1.29, 1.82) is 0 Å². The summed E-state index contributed by atoms with van der Waals surface area (Å²) in [6.45, 7) is 1.66. The van der Waals surface area contributed by atoms with Gasteiger partial charge >= 0.3 is 6.03 Å². The molecular formula is C22H21N3O5. The van der Waals surface area contributed by atoms with Gasteiger partial charge in [0.2, 0.25) is 0 Å². The van der Waals surface area contributed by atoms with Gasteiger partial charge < -0.3 is 19.3 Å². The van der Waals surface area contributed by atoms with Crippen molar-refractivity contribution in [1.82, 2.24) is 15.4 Å². The van der Waals surface area contributed by atoms with Gasteiger partial charge in [-0.3, -0.25) is 9.69 Å². The highest BCUT2D eigenvalue weighted by Crippen LogP contribution is 2.36. The Morgan fingerprint density at radius 3 is 2.47 bits per heavy atom. The molecule has 8 nitrogen and oxygen atoms in total. The predicted molar refractivity (Wildman–Crippen MR) is 108 cm³/mol. The summed E-state index contributed by atoms with van der Waals surface area (Å²) in [5.74, 6) is 1.19. The molecule has 1 N–H and O–H groups in total. The van der Waals surface area contributed by atoms with Crippen LogP contribution in [0.4, 0.5) is 4.79 Å². The number of hydrogen-bond acceptors (Lipinski definition) is 6. The summed E-state index contributed by atoms with van der Waals surface area (Å²) in [7, 11) is 3.05. The Bertz CT molecular complexity index is 1100. The Kier molecular flexibility index (Phi) is 4.91. The maximum atomic E-state index is 13.2. The van der Waals surface area contributed by atoms with E-state index < -0.39 is 11.6 Å². The molecule has 8 heteroatoms. The standard InChI is InChI=1S/C22H21N3O5/c1-22(15-9-10-17(28-2)19(11-15)29-3)20(26)25(21(27)23-22)13-16-12-18(30-24-16)14-7-5-4-6-8-14/h4-12H,13H2,1-3H3,(H,23,27). The van der Waals surface area contributed by atoms with Crippen LogP contribution in [0, 0.1) is 0 Å². The summed E-state index contributed by atoms with van der Waals surface area (Å²) in [4.78, 5) is 26.9. The summed E-state index contributed by atoms with van der Waals surface area (Å²) >= 11 is 0. The van der Waals surface area contributed by atoms with Gasteiger partial charge in [-0.05, 0) is 24.6 Å². The SMILES string of the molecule is COc1ccc(C2(C)NC(=O)N(Cc3cc(-c4ccccc4)on3)C2=O)cc1OC. The molecule has 0 saturated carbocycles. The molecule has 1 atom stereocenters. The van der Waals surface area contributed by atoms with Crippen molar-refractivity contribution in [3.63, 3.8) is 0 Å². The van der Waals surface area contributed by atoms with Crippen LogP contribution >= 0.6 is 0 Å². The van der Waals surface area contributed by atoms with Crippen molar-refractivity contribution in [2.24, 2.45) is 0 Å². The minimum atomic E-state index is -1.23.